The Morgan fingerprint density at radius 3 is 2.75 bits per heavy atom. The molecule has 1 heterocycles. The standard InChI is InChI=1S/C13H18FNO/c1-3-13(4-2)8-11(15)10-7-9(14)5-6-12(10)16-13/h5-7,11H,3-4,8,15H2,1-2H3/t11-/m1/s1. The summed E-state index contributed by atoms with van der Waals surface area (Å²) in [5, 5.41) is 0. The monoisotopic (exact) mass is 223 g/mol. The molecule has 0 bridgehead atoms. The molecule has 0 aromatic heterocycles. The van der Waals surface area contributed by atoms with E-state index in [1.165, 1.54) is 12.1 Å². The summed E-state index contributed by atoms with van der Waals surface area (Å²) in [5.74, 6) is 0.488. The van der Waals surface area contributed by atoms with Gasteiger partial charge < -0.3 is 10.5 Å². The lowest BCUT2D eigenvalue weighted by atomic mass is 9.84. The Balaban J connectivity index is 2.40. The SMILES string of the molecule is CCC1(CC)C[C@@H](N)c2cc(F)ccc2O1. The highest BCUT2D eigenvalue weighted by molar-refractivity contribution is 5.39. The normalized spacial score (nSPS) is 22.4. The van der Waals surface area contributed by atoms with Crippen LogP contribution >= 0.6 is 0 Å². The first-order valence-electron chi connectivity index (χ1n) is 5.84. The average molecular weight is 223 g/mol. The summed E-state index contributed by atoms with van der Waals surface area (Å²) in [7, 11) is 0. The number of nitrogens with two attached hydrogens (primary N) is 1. The van der Waals surface area contributed by atoms with Gasteiger partial charge in [0.1, 0.15) is 17.2 Å². The van der Waals surface area contributed by atoms with Crippen LogP contribution in [0.3, 0.4) is 0 Å². The lowest BCUT2D eigenvalue weighted by Gasteiger charge is -2.40. The van der Waals surface area contributed by atoms with E-state index in [-0.39, 0.29) is 17.5 Å². The van der Waals surface area contributed by atoms with Crippen LogP contribution in [-0.4, -0.2) is 5.60 Å². The molecule has 0 saturated carbocycles. The summed E-state index contributed by atoms with van der Waals surface area (Å²) < 4.78 is 19.1. The summed E-state index contributed by atoms with van der Waals surface area (Å²) in [5.41, 5.74) is 6.71. The topological polar surface area (TPSA) is 35.2 Å². The molecule has 88 valence electrons. The van der Waals surface area contributed by atoms with Crippen LogP contribution in [0.25, 0.3) is 0 Å². The Bertz CT molecular complexity index is 388. The molecule has 2 N–H and O–H groups in total. The highest BCUT2D eigenvalue weighted by Gasteiger charge is 2.37. The number of benzene rings is 1. The van der Waals surface area contributed by atoms with Crippen LogP contribution in [0.2, 0.25) is 0 Å². The van der Waals surface area contributed by atoms with Crippen molar-refractivity contribution in [3.63, 3.8) is 0 Å². The quantitative estimate of drug-likeness (QED) is 0.835. The third-order valence-electron chi connectivity index (χ3n) is 3.58. The number of ether oxygens (including phenoxy) is 1. The van der Waals surface area contributed by atoms with E-state index in [1.54, 1.807) is 6.07 Å². The first kappa shape index (κ1) is 11.4. The van der Waals surface area contributed by atoms with E-state index in [4.69, 9.17) is 10.5 Å². The lowest BCUT2D eigenvalue weighted by Crippen LogP contribution is -2.42. The summed E-state index contributed by atoms with van der Waals surface area (Å²) >= 11 is 0. The number of hydrogen-bond donors (Lipinski definition) is 1. The molecular formula is C13H18FNO. The van der Waals surface area contributed by atoms with Crippen LogP contribution in [0.4, 0.5) is 4.39 Å². The Morgan fingerprint density at radius 1 is 1.44 bits per heavy atom. The van der Waals surface area contributed by atoms with Gasteiger partial charge in [0.15, 0.2) is 0 Å². The van der Waals surface area contributed by atoms with Gasteiger partial charge in [0.05, 0.1) is 0 Å². The van der Waals surface area contributed by atoms with Gasteiger partial charge in [-0.1, -0.05) is 13.8 Å². The van der Waals surface area contributed by atoms with Crippen molar-refractivity contribution in [3.05, 3.63) is 29.6 Å². The highest BCUT2D eigenvalue weighted by Crippen LogP contribution is 2.41. The summed E-state index contributed by atoms with van der Waals surface area (Å²) in [4.78, 5) is 0. The van der Waals surface area contributed by atoms with E-state index in [1.807, 2.05) is 0 Å². The van der Waals surface area contributed by atoms with Crippen molar-refractivity contribution in [1.29, 1.82) is 0 Å². The molecular weight excluding hydrogens is 205 g/mol. The molecule has 2 nitrogen and oxygen atoms in total. The Labute approximate surface area is 95.6 Å². The second kappa shape index (κ2) is 4.06. The maximum atomic E-state index is 13.1. The largest absolute Gasteiger partial charge is 0.487 e. The van der Waals surface area contributed by atoms with Gasteiger partial charge in [0.25, 0.3) is 0 Å². The van der Waals surface area contributed by atoms with Crippen LogP contribution < -0.4 is 10.5 Å². The van der Waals surface area contributed by atoms with E-state index in [0.717, 1.165) is 30.6 Å². The number of rotatable bonds is 2. The lowest BCUT2D eigenvalue weighted by molar-refractivity contribution is 0.0280. The molecule has 0 aliphatic carbocycles. The Hall–Kier alpha value is -1.09. The molecule has 0 saturated heterocycles. The van der Waals surface area contributed by atoms with E-state index in [0.29, 0.717) is 0 Å². The van der Waals surface area contributed by atoms with Crippen LogP contribution in [0.1, 0.15) is 44.7 Å². The van der Waals surface area contributed by atoms with Gasteiger partial charge in [0.2, 0.25) is 0 Å². The van der Waals surface area contributed by atoms with Crippen molar-refractivity contribution >= 4 is 0 Å². The average Bonchev–Trinajstić information content (AvgIpc) is 2.30. The van der Waals surface area contributed by atoms with Gasteiger partial charge >= 0.3 is 0 Å². The maximum absolute atomic E-state index is 13.1. The molecule has 1 aliphatic heterocycles. The molecule has 1 atom stereocenters. The zero-order valence-corrected chi connectivity index (χ0v) is 9.79. The number of hydrogen-bond acceptors (Lipinski definition) is 2. The summed E-state index contributed by atoms with van der Waals surface area (Å²) in [6.07, 6.45) is 2.61. The van der Waals surface area contributed by atoms with Gasteiger partial charge in [-0.3, -0.25) is 0 Å². The van der Waals surface area contributed by atoms with Crippen LogP contribution in [0, 0.1) is 5.82 Å². The third-order valence-corrected chi connectivity index (χ3v) is 3.58. The van der Waals surface area contributed by atoms with Crippen LogP contribution in [-0.2, 0) is 0 Å². The first-order chi connectivity index (χ1) is 7.60. The smallest absolute Gasteiger partial charge is 0.125 e. The Morgan fingerprint density at radius 2 is 2.12 bits per heavy atom. The minimum Gasteiger partial charge on any atom is -0.487 e. The van der Waals surface area contributed by atoms with Crippen molar-refractivity contribution in [2.75, 3.05) is 0 Å². The predicted molar refractivity (Wildman–Crippen MR) is 61.9 cm³/mol. The van der Waals surface area contributed by atoms with Crippen LogP contribution in [0.15, 0.2) is 18.2 Å². The molecule has 3 heteroatoms. The molecule has 1 aromatic rings. The van der Waals surface area contributed by atoms with E-state index in [2.05, 4.69) is 13.8 Å². The molecule has 16 heavy (non-hydrogen) atoms. The molecule has 0 radical (unpaired) electrons. The van der Waals surface area contributed by atoms with Crippen molar-refractivity contribution in [1.82, 2.24) is 0 Å². The van der Waals surface area contributed by atoms with Gasteiger partial charge in [-0.15, -0.1) is 0 Å². The fourth-order valence-corrected chi connectivity index (χ4v) is 2.37. The van der Waals surface area contributed by atoms with Gasteiger partial charge in [0, 0.05) is 18.0 Å². The zero-order valence-electron chi connectivity index (χ0n) is 9.79. The minimum absolute atomic E-state index is 0.126. The molecule has 0 fully saturated rings. The van der Waals surface area contributed by atoms with E-state index >= 15 is 0 Å². The highest BCUT2D eigenvalue weighted by atomic mass is 19.1. The number of fused-ring (bicyclic) bond motifs is 1. The van der Waals surface area contributed by atoms with Gasteiger partial charge in [-0.25, -0.2) is 4.39 Å². The maximum Gasteiger partial charge on any atom is 0.125 e. The molecule has 1 aromatic carbocycles. The molecule has 0 amide bonds. The predicted octanol–water partition coefficient (Wildman–Crippen LogP) is 3.17. The van der Waals surface area contributed by atoms with Crippen molar-refractivity contribution in [3.8, 4) is 5.75 Å². The second-order valence-electron chi connectivity index (χ2n) is 4.48. The zero-order chi connectivity index (χ0) is 11.8. The fraction of sp³-hybridized carbons (Fsp3) is 0.538. The molecule has 0 unspecified atom stereocenters. The van der Waals surface area contributed by atoms with Crippen molar-refractivity contribution < 1.29 is 9.13 Å². The van der Waals surface area contributed by atoms with Gasteiger partial charge in [-0.05, 0) is 31.0 Å². The summed E-state index contributed by atoms with van der Waals surface area (Å²) in [6.45, 7) is 4.20. The van der Waals surface area contributed by atoms with Crippen molar-refractivity contribution in [2.45, 2.75) is 44.8 Å². The van der Waals surface area contributed by atoms with Crippen molar-refractivity contribution in [2.24, 2.45) is 5.73 Å². The van der Waals surface area contributed by atoms with E-state index in [9.17, 15) is 4.39 Å². The fourth-order valence-electron chi connectivity index (χ4n) is 2.37. The second-order valence-corrected chi connectivity index (χ2v) is 4.48. The molecule has 1 aliphatic rings. The summed E-state index contributed by atoms with van der Waals surface area (Å²) in [6, 6.07) is 4.46. The van der Waals surface area contributed by atoms with E-state index < -0.39 is 0 Å². The third kappa shape index (κ3) is 1.80. The number of halogens is 1. The Kier molecular flexibility index (Phi) is 2.89. The molecule has 0 spiro atoms. The van der Waals surface area contributed by atoms with Gasteiger partial charge in [-0.2, -0.15) is 0 Å². The first-order valence-corrected chi connectivity index (χ1v) is 5.84. The molecule has 2 rings (SSSR count). The minimum atomic E-state index is -0.252. The van der Waals surface area contributed by atoms with Crippen LogP contribution in [0.5, 0.6) is 5.75 Å².